The van der Waals surface area contributed by atoms with Crippen LogP contribution in [0, 0.1) is 19.8 Å². The van der Waals surface area contributed by atoms with E-state index in [9.17, 15) is 9.59 Å². The highest BCUT2D eigenvalue weighted by Gasteiger charge is 2.12. The Morgan fingerprint density at radius 2 is 1.63 bits per heavy atom. The highest BCUT2D eigenvalue weighted by Crippen LogP contribution is 2.19. The molecule has 2 rings (SSSR count). The molecule has 0 atom stereocenters. The molecule has 0 fully saturated rings. The summed E-state index contributed by atoms with van der Waals surface area (Å²) in [7, 11) is 0. The van der Waals surface area contributed by atoms with Crippen LogP contribution in [0.2, 0.25) is 0 Å². The minimum Gasteiger partial charge on any atom is -0.494 e. The van der Waals surface area contributed by atoms with Crippen LogP contribution in [-0.2, 0) is 9.53 Å². The summed E-state index contributed by atoms with van der Waals surface area (Å²) in [6.07, 6.45) is 0.971. The number of amides is 1. The van der Waals surface area contributed by atoms with Crippen molar-refractivity contribution < 1.29 is 19.1 Å². The Balaban J connectivity index is 1.83. The van der Waals surface area contributed by atoms with Crippen LogP contribution < -0.4 is 10.1 Å². The molecule has 2 aromatic carbocycles. The number of rotatable bonds is 8. The van der Waals surface area contributed by atoms with E-state index in [0.29, 0.717) is 23.8 Å². The van der Waals surface area contributed by atoms with Gasteiger partial charge in [0.15, 0.2) is 6.61 Å². The van der Waals surface area contributed by atoms with E-state index in [0.717, 1.165) is 23.2 Å². The predicted molar refractivity (Wildman–Crippen MR) is 106 cm³/mol. The van der Waals surface area contributed by atoms with Crippen LogP contribution in [-0.4, -0.2) is 25.1 Å². The standard InChI is InChI=1S/C22H27NO4/c1-15(2)12-13-26-19-10-8-18(9-11-19)22(25)27-14-20(24)23-21-16(3)6-5-7-17(21)4/h5-11,15H,12-14H2,1-4H3,(H,23,24). The minimum absolute atomic E-state index is 0.334. The molecule has 5 nitrogen and oxygen atoms in total. The monoisotopic (exact) mass is 369 g/mol. The van der Waals surface area contributed by atoms with E-state index >= 15 is 0 Å². The number of anilines is 1. The number of carbonyl (C=O) groups is 2. The van der Waals surface area contributed by atoms with E-state index in [-0.39, 0.29) is 12.5 Å². The average Bonchev–Trinajstić information content (AvgIpc) is 2.63. The van der Waals surface area contributed by atoms with Gasteiger partial charge in [0.2, 0.25) is 0 Å². The molecule has 27 heavy (non-hydrogen) atoms. The molecule has 1 N–H and O–H groups in total. The molecule has 0 radical (unpaired) electrons. The van der Waals surface area contributed by atoms with Crippen LogP contribution in [0.5, 0.6) is 5.75 Å². The third kappa shape index (κ3) is 6.44. The first-order valence-electron chi connectivity index (χ1n) is 9.13. The fourth-order valence-corrected chi connectivity index (χ4v) is 2.50. The number of nitrogens with one attached hydrogen (secondary N) is 1. The first-order chi connectivity index (χ1) is 12.9. The van der Waals surface area contributed by atoms with Gasteiger partial charge in [-0.15, -0.1) is 0 Å². The summed E-state index contributed by atoms with van der Waals surface area (Å²) in [6, 6.07) is 12.5. The SMILES string of the molecule is Cc1cccc(C)c1NC(=O)COC(=O)c1ccc(OCCC(C)C)cc1. The van der Waals surface area contributed by atoms with Gasteiger partial charge < -0.3 is 14.8 Å². The van der Waals surface area contributed by atoms with Gasteiger partial charge in [-0.1, -0.05) is 32.0 Å². The van der Waals surface area contributed by atoms with Gasteiger partial charge in [-0.25, -0.2) is 4.79 Å². The summed E-state index contributed by atoms with van der Waals surface area (Å²) in [5, 5.41) is 2.79. The van der Waals surface area contributed by atoms with Crippen LogP contribution >= 0.6 is 0 Å². The summed E-state index contributed by atoms with van der Waals surface area (Å²) in [5.41, 5.74) is 3.05. The van der Waals surface area contributed by atoms with E-state index in [1.54, 1.807) is 24.3 Å². The van der Waals surface area contributed by atoms with Gasteiger partial charge in [0.25, 0.3) is 5.91 Å². The lowest BCUT2D eigenvalue weighted by molar-refractivity contribution is -0.119. The maximum absolute atomic E-state index is 12.1. The molecule has 5 heteroatoms. The number of para-hydroxylation sites is 1. The van der Waals surface area contributed by atoms with E-state index in [1.807, 2.05) is 32.0 Å². The molecule has 0 aliphatic heterocycles. The molecule has 2 aromatic rings. The van der Waals surface area contributed by atoms with Gasteiger partial charge in [-0.3, -0.25) is 4.79 Å². The van der Waals surface area contributed by atoms with Gasteiger partial charge in [-0.2, -0.15) is 0 Å². The van der Waals surface area contributed by atoms with Gasteiger partial charge in [-0.05, 0) is 61.6 Å². The molecule has 0 unspecified atom stereocenters. The summed E-state index contributed by atoms with van der Waals surface area (Å²) in [6.45, 7) is 8.41. The van der Waals surface area contributed by atoms with Gasteiger partial charge in [0, 0.05) is 5.69 Å². The fraction of sp³-hybridized carbons (Fsp3) is 0.364. The van der Waals surface area contributed by atoms with Crippen LogP contribution in [0.25, 0.3) is 0 Å². The zero-order chi connectivity index (χ0) is 19.8. The molecule has 144 valence electrons. The first-order valence-corrected chi connectivity index (χ1v) is 9.13. The van der Waals surface area contributed by atoms with Gasteiger partial charge >= 0.3 is 5.97 Å². The topological polar surface area (TPSA) is 64.6 Å². The molecule has 0 aliphatic rings. The Morgan fingerprint density at radius 1 is 1.00 bits per heavy atom. The molecule has 0 spiro atoms. The molecule has 0 bridgehead atoms. The Bertz CT molecular complexity index is 761. The maximum Gasteiger partial charge on any atom is 0.338 e. The highest BCUT2D eigenvalue weighted by molar-refractivity contribution is 5.96. The lowest BCUT2D eigenvalue weighted by atomic mass is 10.1. The first kappa shape index (κ1) is 20.5. The Kier molecular flexibility index (Phi) is 7.41. The van der Waals surface area contributed by atoms with Crippen molar-refractivity contribution in [3.8, 4) is 5.75 Å². The lowest BCUT2D eigenvalue weighted by Gasteiger charge is -2.12. The Hall–Kier alpha value is -2.82. The van der Waals surface area contributed by atoms with E-state index in [1.165, 1.54) is 0 Å². The number of carbonyl (C=O) groups excluding carboxylic acids is 2. The molecule has 0 heterocycles. The van der Waals surface area contributed by atoms with E-state index in [4.69, 9.17) is 9.47 Å². The fourth-order valence-electron chi connectivity index (χ4n) is 2.50. The quantitative estimate of drug-likeness (QED) is 0.695. The zero-order valence-electron chi connectivity index (χ0n) is 16.4. The largest absolute Gasteiger partial charge is 0.494 e. The smallest absolute Gasteiger partial charge is 0.338 e. The van der Waals surface area contributed by atoms with Crippen molar-refractivity contribution in [3.05, 3.63) is 59.2 Å². The van der Waals surface area contributed by atoms with Crippen molar-refractivity contribution >= 4 is 17.6 Å². The second-order valence-electron chi connectivity index (χ2n) is 6.95. The Morgan fingerprint density at radius 3 is 2.22 bits per heavy atom. The van der Waals surface area contributed by atoms with Crippen molar-refractivity contribution in [2.24, 2.45) is 5.92 Å². The molecular weight excluding hydrogens is 342 g/mol. The molecule has 0 aliphatic carbocycles. The second-order valence-corrected chi connectivity index (χ2v) is 6.95. The van der Waals surface area contributed by atoms with Crippen molar-refractivity contribution in [1.29, 1.82) is 0 Å². The van der Waals surface area contributed by atoms with Crippen molar-refractivity contribution in [2.45, 2.75) is 34.1 Å². The van der Waals surface area contributed by atoms with Crippen molar-refractivity contribution in [3.63, 3.8) is 0 Å². The van der Waals surface area contributed by atoms with Crippen LogP contribution in [0.3, 0.4) is 0 Å². The third-order valence-corrected chi connectivity index (χ3v) is 4.13. The van der Waals surface area contributed by atoms with Gasteiger partial charge in [0.1, 0.15) is 5.75 Å². The van der Waals surface area contributed by atoms with E-state index < -0.39 is 5.97 Å². The van der Waals surface area contributed by atoms with E-state index in [2.05, 4.69) is 19.2 Å². The molecule has 0 aromatic heterocycles. The molecule has 0 saturated heterocycles. The van der Waals surface area contributed by atoms with Crippen LogP contribution in [0.15, 0.2) is 42.5 Å². The lowest BCUT2D eigenvalue weighted by Crippen LogP contribution is -2.21. The summed E-state index contributed by atoms with van der Waals surface area (Å²) < 4.78 is 10.7. The predicted octanol–water partition coefficient (Wildman–Crippen LogP) is 4.52. The average molecular weight is 369 g/mol. The molecular formula is C22H27NO4. The summed E-state index contributed by atoms with van der Waals surface area (Å²) >= 11 is 0. The number of hydrogen-bond donors (Lipinski definition) is 1. The number of hydrogen-bond acceptors (Lipinski definition) is 4. The molecule has 1 amide bonds. The summed E-state index contributed by atoms with van der Waals surface area (Å²) in [4.78, 5) is 24.2. The number of aryl methyl sites for hydroxylation is 2. The number of benzene rings is 2. The maximum atomic E-state index is 12.1. The second kappa shape index (κ2) is 9.76. The molecule has 0 saturated carbocycles. The third-order valence-electron chi connectivity index (χ3n) is 4.13. The normalized spacial score (nSPS) is 10.6. The highest BCUT2D eigenvalue weighted by atomic mass is 16.5. The minimum atomic E-state index is -0.541. The summed E-state index contributed by atoms with van der Waals surface area (Å²) in [5.74, 6) is 0.378. The van der Waals surface area contributed by atoms with Crippen molar-refractivity contribution in [2.75, 3.05) is 18.5 Å². The van der Waals surface area contributed by atoms with Gasteiger partial charge in [0.05, 0.1) is 12.2 Å². The zero-order valence-corrected chi connectivity index (χ0v) is 16.4. The van der Waals surface area contributed by atoms with Crippen LogP contribution in [0.1, 0.15) is 41.8 Å². The number of esters is 1. The number of ether oxygens (including phenoxy) is 2. The van der Waals surface area contributed by atoms with Crippen molar-refractivity contribution in [1.82, 2.24) is 0 Å². The Labute approximate surface area is 160 Å². The van der Waals surface area contributed by atoms with Crippen LogP contribution in [0.4, 0.5) is 5.69 Å².